The zero-order valence-corrected chi connectivity index (χ0v) is 13.8. The third kappa shape index (κ3) is 4.45. The Labute approximate surface area is 137 Å². The summed E-state index contributed by atoms with van der Waals surface area (Å²) in [6.07, 6.45) is 0.942. The molecule has 1 atom stereocenters. The molecule has 1 heterocycles. The molecule has 1 fully saturated rings. The smallest absolute Gasteiger partial charge is 0.335 e. The lowest BCUT2D eigenvalue weighted by molar-refractivity contribution is 0.0696. The fraction of sp³-hybridized carbons (Fsp3) is 0.529. The Balaban J connectivity index is 1.89. The number of nitrogens with one attached hydrogen (secondary N) is 1. The minimum atomic E-state index is -0.944. The molecule has 1 unspecified atom stereocenters. The van der Waals surface area contributed by atoms with Crippen molar-refractivity contribution < 1.29 is 14.7 Å². The van der Waals surface area contributed by atoms with Crippen LogP contribution in [-0.4, -0.2) is 59.1 Å². The number of carbonyl (C=O) groups excluding carboxylic acids is 1. The summed E-state index contributed by atoms with van der Waals surface area (Å²) in [5, 5.41) is 11.8. The van der Waals surface area contributed by atoms with Gasteiger partial charge in [0, 0.05) is 32.2 Å². The molecule has 23 heavy (non-hydrogen) atoms. The van der Waals surface area contributed by atoms with Gasteiger partial charge in [0.25, 0.3) is 0 Å². The van der Waals surface area contributed by atoms with Crippen molar-refractivity contribution in [2.75, 3.05) is 26.2 Å². The van der Waals surface area contributed by atoms with E-state index < -0.39 is 5.97 Å². The lowest BCUT2D eigenvalue weighted by Gasteiger charge is -2.40. The minimum absolute atomic E-state index is 0.0464. The van der Waals surface area contributed by atoms with Crippen molar-refractivity contribution in [1.29, 1.82) is 0 Å². The van der Waals surface area contributed by atoms with Gasteiger partial charge in [0.05, 0.1) is 5.56 Å². The molecule has 1 aromatic carbocycles. The first-order chi connectivity index (χ1) is 11.0. The predicted molar refractivity (Wildman–Crippen MR) is 88.5 cm³/mol. The molecule has 0 bridgehead atoms. The van der Waals surface area contributed by atoms with Crippen molar-refractivity contribution in [2.24, 2.45) is 0 Å². The highest BCUT2D eigenvalue weighted by Crippen LogP contribution is 2.13. The van der Waals surface area contributed by atoms with Crippen molar-refractivity contribution in [3.8, 4) is 0 Å². The molecule has 2 rings (SSSR count). The Kier molecular flexibility index (Phi) is 5.98. The first-order valence-corrected chi connectivity index (χ1v) is 8.14. The summed E-state index contributed by atoms with van der Waals surface area (Å²) in [5.74, 6) is -0.944. The number of carboxylic acid groups (broad SMARTS) is 1. The second-order valence-electron chi connectivity index (χ2n) is 5.81. The number of amides is 2. The first-order valence-electron chi connectivity index (χ1n) is 8.14. The molecule has 0 aromatic heterocycles. The zero-order chi connectivity index (χ0) is 16.8. The Bertz CT molecular complexity index is 545. The van der Waals surface area contributed by atoms with Crippen LogP contribution in [0.25, 0.3) is 0 Å². The van der Waals surface area contributed by atoms with Crippen LogP contribution >= 0.6 is 0 Å². The third-order valence-electron chi connectivity index (χ3n) is 4.39. The summed E-state index contributed by atoms with van der Waals surface area (Å²) in [6.45, 7) is 8.25. The molecular weight excluding hydrogens is 294 g/mol. The van der Waals surface area contributed by atoms with Gasteiger partial charge < -0.3 is 15.3 Å². The maximum atomic E-state index is 12.4. The quantitative estimate of drug-likeness (QED) is 0.871. The van der Waals surface area contributed by atoms with Crippen LogP contribution in [0.1, 0.15) is 36.2 Å². The Hall–Kier alpha value is -2.08. The molecule has 1 aliphatic heterocycles. The lowest BCUT2D eigenvalue weighted by atomic mass is 10.1. The highest BCUT2D eigenvalue weighted by atomic mass is 16.4. The van der Waals surface area contributed by atoms with Gasteiger partial charge in [-0.15, -0.1) is 0 Å². The lowest BCUT2D eigenvalue weighted by Crippen LogP contribution is -2.57. The van der Waals surface area contributed by atoms with E-state index in [4.69, 9.17) is 5.11 Å². The van der Waals surface area contributed by atoms with Crippen LogP contribution in [0.4, 0.5) is 4.79 Å². The topological polar surface area (TPSA) is 72.9 Å². The van der Waals surface area contributed by atoms with Crippen LogP contribution in [0.3, 0.4) is 0 Å². The van der Waals surface area contributed by atoms with Crippen LogP contribution in [-0.2, 0) is 6.54 Å². The summed E-state index contributed by atoms with van der Waals surface area (Å²) in [6, 6.07) is 6.77. The van der Waals surface area contributed by atoms with E-state index in [1.165, 1.54) is 0 Å². The van der Waals surface area contributed by atoms with Gasteiger partial charge in [-0.25, -0.2) is 9.59 Å². The van der Waals surface area contributed by atoms with Crippen LogP contribution in [0.5, 0.6) is 0 Å². The fourth-order valence-corrected chi connectivity index (χ4v) is 2.87. The summed E-state index contributed by atoms with van der Waals surface area (Å²) in [7, 11) is 0. The molecule has 6 heteroatoms. The monoisotopic (exact) mass is 319 g/mol. The van der Waals surface area contributed by atoms with Gasteiger partial charge in [-0.1, -0.05) is 26.0 Å². The SMILES string of the molecule is CCC1CN(CC)CCN1C(=O)NCc1ccc(C(=O)O)cc1. The normalized spacial score (nSPS) is 18.7. The molecule has 1 aliphatic rings. The zero-order valence-electron chi connectivity index (χ0n) is 13.8. The Morgan fingerprint density at radius 3 is 2.48 bits per heavy atom. The molecule has 2 amide bonds. The minimum Gasteiger partial charge on any atom is -0.478 e. The number of piperazine rings is 1. The Morgan fingerprint density at radius 1 is 1.22 bits per heavy atom. The number of aromatic carboxylic acids is 1. The highest BCUT2D eigenvalue weighted by molar-refractivity contribution is 5.87. The molecule has 2 N–H and O–H groups in total. The fourth-order valence-electron chi connectivity index (χ4n) is 2.87. The maximum absolute atomic E-state index is 12.4. The van der Waals surface area contributed by atoms with E-state index in [1.54, 1.807) is 24.3 Å². The molecule has 0 aliphatic carbocycles. The van der Waals surface area contributed by atoms with Gasteiger partial charge in [0.2, 0.25) is 0 Å². The molecule has 0 spiro atoms. The summed E-state index contributed by atoms with van der Waals surface area (Å²) >= 11 is 0. The van der Waals surface area contributed by atoms with Gasteiger partial charge in [-0.05, 0) is 30.7 Å². The number of nitrogens with zero attached hydrogens (tertiary/aromatic N) is 2. The average Bonchev–Trinajstić information content (AvgIpc) is 2.59. The van der Waals surface area contributed by atoms with E-state index in [-0.39, 0.29) is 17.6 Å². The van der Waals surface area contributed by atoms with E-state index in [0.29, 0.717) is 6.54 Å². The molecule has 1 aromatic rings. The number of carboxylic acids is 1. The summed E-state index contributed by atoms with van der Waals surface area (Å²) < 4.78 is 0. The van der Waals surface area contributed by atoms with Crippen molar-refractivity contribution in [3.63, 3.8) is 0 Å². The van der Waals surface area contributed by atoms with Crippen molar-refractivity contribution in [3.05, 3.63) is 35.4 Å². The van der Waals surface area contributed by atoms with Crippen LogP contribution < -0.4 is 5.32 Å². The number of urea groups is 1. The molecule has 126 valence electrons. The van der Waals surface area contributed by atoms with Gasteiger partial charge in [0.15, 0.2) is 0 Å². The number of benzene rings is 1. The second kappa shape index (κ2) is 7.97. The van der Waals surface area contributed by atoms with Gasteiger partial charge in [-0.2, -0.15) is 0 Å². The number of likely N-dealkylation sites (N-methyl/N-ethyl adjacent to an activating group) is 1. The summed E-state index contributed by atoms with van der Waals surface area (Å²) in [4.78, 5) is 27.5. The predicted octanol–water partition coefficient (Wildman–Crippen LogP) is 2.01. The van der Waals surface area contributed by atoms with Gasteiger partial charge >= 0.3 is 12.0 Å². The van der Waals surface area contributed by atoms with Crippen molar-refractivity contribution in [1.82, 2.24) is 15.1 Å². The highest BCUT2D eigenvalue weighted by Gasteiger charge is 2.28. The first kappa shape index (κ1) is 17.3. The molecule has 1 saturated heterocycles. The standard InChI is InChI=1S/C17H25N3O3/c1-3-15-12-19(4-2)9-10-20(15)17(23)18-11-13-5-7-14(8-6-13)16(21)22/h5-8,15H,3-4,9-12H2,1-2H3,(H,18,23)(H,21,22). The maximum Gasteiger partial charge on any atom is 0.335 e. The van der Waals surface area contributed by atoms with E-state index in [1.807, 2.05) is 4.90 Å². The largest absolute Gasteiger partial charge is 0.478 e. The van der Waals surface area contributed by atoms with E-state index >= 15 is 0 Å². The van der Waals surface area contributed by atoms with Crippen LogP contribution in [0.2, 0.25) is 0 Å². The molecule has 0 saturated carbocycles. The van der Waals surface area contributed by atoms with Crippen molar-refractivity contribution >= 4 is 12.0 Å². The van der Waals surface area contributed by atoms with E-state index in [2.05, 4.69) is 24.1 Å². The van der Waals surface area contributed by atoms with Crippen LogP contribution in [0.15, 0.2) is 24.3 Å². The molecule has 6 nitrogen and oxygen atoms in total. The summed E-state index contributed by atoms with van der Waals surface area (Å²) in [5.41, 5.74) is 1.14. The Morgan fingerprint density at radius 2 is 1.91 bits per heavy atom. The number of carbonyl (C=O) groups is 2. The van der Waals surface area contributed by atoms with E-state index in [0.717, 1.165) is 38.2 Å². The number of rotatable bonds is 5. The molecular formula is C17H25N3O3. The average molecular weight is 319 g/mol. The number of hydrogen-bond donors (Lipinski definition) is 2. The second-order valence-corrected chi connectivity index (χ2v) is 5.81. The van der Waals surface area contributed by atoms with Crippen LogP contribution in [0, 0.1) is 0 Å². The number of hydrogen-bond acceptors (Lipinski definition) is 3. The third-order valence-corrected chi connectivity index (χ3v) is 4.39. The van der Waals surface area contributed by atoms with Crippen molar-refractivity contribution in [2.45, 2.75) is 32.9 Å². The van der Waals surface area contributed by atoms with Gasteiger partial charge in [-0.3, -0.25) is 4.90 Å². The van der Waals surface area contributed by atoms with E-state index in [9.17, 15) is 9.59 Å². The molecule has 0 radical (unpaired) electrons. The van der Waals surface area contributed by atoms with Gasteiger partial charge in [0.1, 0.15) is 0 Å².